The third-order valence-electron chi connectivity index (χ3n) is 5.41. The normalized spacial score (nSPS) is 13.8. The van der Waals surface area contributed by atoms with Gasteiger partial charge in [0.05, 0.1) is 36.6 Å². The lowest BCUT2D eigenvalue weighted by Gasteiger charge is -2.39. The third-order valence-corrected chi connectivity index (χ3v) is 5.98. The second-order valence-corrected chi connectivity index (χ2v) is 9.31. The van der Waals surface area contributed by atoms with Gasteiger partial charge in [0, 0.05) is 5.33 Å². The fourth-order valence-corrected chi connectivity index (χ4v) is 3.18. The highest BCUT2D eigenvalue weighted by Crippen LogP contribution is 2.60. The number of esters is 1. The van der Waals surface area contributed by atoms with Crippen LogP contribution in [0.25, 0.3) is 0 Å². The molecule has 0 saturated heterocycles. The molecule has 0 fully saturated rings. The van der Waals surface area contributed by atoms with Crippen molar-refractivity contribution in [1.29, 1.82) is 0 Å². The number of carbonyl (C=O) groups excluding carboxylic acids is 1. The Bertz CT molecular complexity index is 1250. The van der Waals surface area contributed by atoms with Gasteiger partial charge in [0.15, 0.2) is 0 Å². The Balaban J connectivity index is 2.02. The summed E-state index contributed by atoms with van der Waals surface area (Å²) in [7, 11) is 0. The highest BCUT2D eigenvalue weighted by molar-refractivity contribution is 9.09. The van der Waals surface area contributed by atoms with Gasteiger partial charge in [-0.2, -0.15) is 67.3 Å². The first-order valence-electron chi connectivity index (χ1n) is 11.6. The van der Waals surface area contributed by atoms with Crippen molar-refractivity contribution in [2.45, 2.75) is 48.6 Å². The number of carbonyl (C=O) groups is 1. The number of halogens is 14. The van der Waals surface area contributed by atoms with Gasteiger partial charge in [-0.15, -0.1) is 0 Å². The average Bonchev–Trinajstić information content (AvgIpc) is 2.91. The van der Waals surface area contributed by atoms with Crippen LogP contribution in [0.15, 0.2) is 58.8 Å². The van der Waals surface area contributed by atoms with Crippen molar-refractivity contribution < 1.29 is 71.3 Å². The molecule has 19 heteroatoms. The molecule has 2 aromatic rings. The van der Waals surface area contributed by atoms with Crippen LogP contribution in [-0.4, -0.2) is 60.3 Å². The van der Waals surface area contributed by atoms with Crippen LogP contribution in [0.4, 0.5) is 68.5 Å². The molecule has 0 radical (unpaired) electrons. The molecule has 0 aromatic heterocycles. The largest absolute Gasteiger partial charge is 0.494 e. The Hall–Kier alpha value is -3.12. The van der Waals surface area contributed by atoms with Crippen molar-refractivity contribution in [3.8, 4) is 5.75 Å². The van der Waals surface area contributed by atoms with E-state index in [1.807, 2.05) is 0 Å². The predicted molar refractivity (Wildman–Crippen MR) is 127 cm³/mol. The highest BCUT2D eigenvalue weighted by atomic mass is 79.9. The minimum absolute atomic E-state index is 0.152. The molecule has 0 aliphatic heterocycles. The van der Waals surface area contributed by atoms with E-state index in [1.165, 1.54) is 12.1 Å². The molecule has 0 spiro atoms. The summed E-state index contributed by atoms with van der Waals surface area (Å²) in [6, 6.07) is 10.8. The van der Waals surface area contributed by atoms with Crippen molar-refractivity contribution in [3.05, 3.63) is 54.1 Å². The first-order valence-corrected chi connectivity index (χ1v) is 12.7. The average molecular weight is 709 g/mol. The number of nitrogens with zero attached hydrogens (tertiary/aromatic N) is 2. The Morgan fingerprint density at radius 3 is 1.58 bits per heavy atom. The van der Waals surface area contributed by atoms with Gasteiger partial charge in [-0.25, -0.2) is 4.79 Å². The van der Waals surface area contributed by atoms with E-state index in [0.29, 0.717) is 18.0 Å². The zero-order chi connectivity index (χ0) is 32.9. The molecule has 0 unspecified atom stereocenters. The van der Waals surface area contributed by atoms with Gasteiger partial charge < -0.3 is 9.47 Å². The molecule has 0 aliphatic carbocycles. The maximum absolute atomic E-state index is 13.8. The number of rotatable bonds is 14. The van der Waals surface area contributed by atoms with Gasteiger partial charge in [-0.1, -0.05) is 15.9 Å². The number of azo groups is 1. The number of hydrogen-bond donors (Lipinski definition) is 0. The molecule has 0 heterocycles. The maximum Gasteiger partial charge on any atom is 0.460 e. The summed E-state index contributed by atoms with van der Waals surface area (Å²) in [5.74, 6) is -38.4. The fraction of sp³-hybridized carbons (Fsp3) is 0.458. The minimum Gasteiger partial charge on any atom is -0.494 e. The van der Waals surface area contributed by atoms with Crippen LogP contribution in [0, 0.1) is 0 Å². The van der Waals surface area contributed by atoms with Crippen molar-refractivity contribution >= 4 is 33.3 Å². The quantitative estimate of drug-likeness (QED) is 0.0646. The van der Waals surface area contributed by atoms with E-state index in [-0.39, 0.29) is 5.69 Å². The molecule has 240 valence electrons. The summed E-state index contributed by atoms with van der Waals surface area (Å²) in [4.78, 5) is 12.0. The van der Waals surface area contributed by atoms with E-state index in [4.69, 9.17) is 4.74 Å². The Morgan fingerprint density at radius 1 is 0.651 bits per heavy atom. The molecule has 0 aliphatic rings. The number of ether oxygens (including phenoxy) is 2. The summed E-state index contributed by atoms with van der Waals surface area (Å²) in [5, 5.41) is 8.55. The van der Waals surface area contributed by atoms with Crippen LogP contribution >= 0.6 is 15.9 Å². The topological polar surface area (TPSA) is 60.2 Å². The lowest BCUT2D eigenvalue weighted by Crippen LogP contribution is -2.70. The van der Waals surface area contributed by atoms with Gasteiger partial charge in [-0.05, 0) is 55.0 Å². The molecule has 2 aromatic carbocycles. The van der Waals surface area contributed by atoms with E-state index < -0.39 is 60.3 Å². The highest BCUT2D eigenvalue weighted by Gasteiger charge is 2.90. The molecule has 2 rings (SSSR count). The molecule has 0 atom stereocenters. The molecular weight excluding hydrogens is 691 g/mol. The van der Waals surface area contributed by atoms with E-state index in [1.54, 1.807) is 24.3 Å². The van der Waals surface area contributed by atoms with Crippen LogP contribution < -0.4 is 4.74 Å². The van der Waals surface area contributed by atoms with E-state index in [9.17, 15) is 61.9 Å². The van der Waals surface area contributed by atoms with Crippen molar-refractivity contribution in [2.24, 2.45) is 10.2 Å². The fourth-order valence-electron chi connectivity index (χ4n) is 2.95. The lowest BCUT2D eigenvalue weighted by atomic mass is 9.93. The maximum atomic E-state index is 13.8. The van der Waals surface area contributed by atoms with Crippen LogP contribution in [0.2, 0.25) is 0 Å². The molecule has 0 saturated carbocycles. The van der Waals surface area contributed by atoms with Crippen LogP contribution in [0.3, 0.4) is 0 Å². The van der Waals surface area contributed by atoms with E-state index >= 15 is 0 Å². The summed E-state index contributed by atoms with van der Waals surface area (Å²) in [6.45, 7) is -1.37. The first kappa shape index (κ1) is 36.1. The summed E-state index contributed by atoms with van der Waals surface area (Å²) in [5.41, 5.74) is 0.138. The van der Waals surface area contributed by atoms with Crippen molar-refractivity contribution in [1.82, 2.24) is 0 Å². The van der Waals surface area contributed by atoms with Gasteiger partial charge >= 0.3 is 41.8 Å². The Kier molecular flexibility index (Phi) is 11.1. The number of alkyl halides is 14. The standard InChI is InChI=1S/C24H18BrF13N2O3/c25-11-1-12-42-17-8-6-16(7-9-17)40-39-15-4-2-14(3-5-15)18(41)43-13-10-19(26,27)20(28,29)21(30,31)22(32,33)23(34,35)24(36,37)38/h2-9H,1,10-13H2. The predicted octanol–water partition coefficient (Wildman–Crippen LogP) is 9.55. The second kappa shape index (κ2) is 13.3. The molecule has 0 bridgehead atoms. The van der Waals surface area contributed by atoms with Crippen LogP contribution in [-0.2, 0) is 4.74 Å². The molecule has 5 nitrogen and oxygen atoms in total. The molecule has 0 amide bonds. The number of benzene rings is 2. The Morgan fingerprint density at radius 2 is 1.12 bits per heavy atom. The van der Waals surface area contributed by atoms with Crippen molar-refractivity contribution in [2.75, 3.05) is 18.5 Å². The summed E-state index contributed by atoms with van der Waals surface area (Å²) in [6.07, 6.45) is -9.36. The number of hydrogen-bond acceptors (Lipinski definition) is 5. The lowest BCUT2D eigenvalue weighted by molar-refractivity contribution is -0.440. The third kappa shape index (κ3) is 7.70. The van der Waals surface area contributed by atoms with Gasteiger partial charge in [-0.3, -0.25) is 0 Å². The minimum atomic E-state index is -7.99. The monoisotopic (exact) mass is 708 g/mol. The van der Waals surface area contributed by atoms with Crippen molar-refractivity contribution in [3.63, 3.8) is 0 Å². The van der Waals surface area contributed by atoms with E-state index in [2.05, 4.69) is 30.9 Å². The van der Waals surface area contributed by atoms with Crippen LogP contribution in [0.1, 0.15) is 23.2 Å². The second-order valence-electron chi connectivity index (χ2n) is 8.52. The Labute approximate surface area is 242 Å². The molecular formula is C24H18BrF13N2O3. The van der Waals surface area contributed by atoms with Gasteiger partial charge in [0.2, 0.25) is 0 Å². The molecule has 0 N–H and O–H groups in total. The van der Waals surface area contributed by atoms with Crippen LogP contribution in [0.5, 0.6) is 5.75 Å². The summed E-state index contributed by atoms with van der Waals surface area (Å²) >= 11 is 3.26. The zero-order valence-corrected chi connectivity index (χ0v) is 22.7. The van der Waals surface area contributed by atoms with E-state index in [0.717, 1.165) is 23.9 Å². The van der Waals surface area contributed by atoms with Gasteiger partial charge in [0.25, 0.3) is 0 Å². The zero-order valence-electron chi connectivity index (χ0n) is 21.1. The molecule has 43 heavy (non-hydrogen) atoms. The summed E-state index contributed by atoms with van der Waals surface area (Å²) < 4.78 is 181. The SMILES string of the molecule is O=C(OCCC(F)(F)C(F)(F)C(F)(F)C(F)(F)C(F)(F)C(F)(F)F)c1ccc(N=Nc2ccc(OCCCBr)cc2)cc1. The first-order chi connectivity index (χ1) is 19.6. The van der Waals surface area contributed by atoms with Gasteiger partial charge in [0.1, 0.15) is 5.75 Å². The smallest absolute Gasteiger partial charge is 0.460 e.